The fraction of sp³-hybridized carbons (Fsp3) is 0.643. The SMILES string of the molecule is CSC1CCCC(NC(C)c2ccc(C(=O)O)o2)C1. The maximum absolute atomic E-state index is 10.8. The van der Waals surface area contributed by atoms with Crippen molar-refractivity contribution in [2.24, 2.45) is 0 Å². The molecule has 0 saturated heterocycles. The van der Waals surface area contributed by atoms with Crippen LogP contribution in [0.1, 0.15) is 55.0 Å². The molecule has 3 atom stereocenters. The van der Waals surface area contributed by atoms with Gasteiger partial charge in [0.2, 0.25) is 5.76 Å². The van der Waals surface area contributed by atoms with Crippen LogP contribution in [0, 0.1) is 0 Å². The third-order valence-electron chi connectivity index (χ3n) is 3.71. The molecule has 2 N–H and O–H groups in total. The molecule has 0 aromatic carbocycles. The number of nitrogens with one attached hydrogen (secondary N) is 1. The molecule has 1 aromatic heterocycles. The van der Waals surface area contributed by atoms with E-state index < -0.39 is 5.97 Å². The smallest absolute Gasteiger partial charge is 0.371 e. The van der Waals surface area contributed by atoms with Gasteiger partial charge in [-0.15, -0.1) is 0 Å². The predicted molar refractivity (Wildman–Crippen MR) is 76.8 cm³/mol. The van der Waals surface area contributed by atoms with Crippen LogP contribution in [0.5, 0.6) is 0 Å². The molecule has 1 aliphatic carbocycles. The van der Waals surface area contributed by atoms with E-state index in [2.05, 4.69) is 11.6 Å². The van der Waals surface area contributed by atoms with E-state index in [0.29, 0.717) is 11.8 Å². The zero-order valence-corrected chi connectivity index (χ0v) is 12.2. The third kappa shape index (κ3) is 3.76. The highest BCUT2D eigenvalue weighted by molar-refractivity contribution is 7.99. The number of aromatic carboxylic acids is 1. The Bertz CT molecular complexity index is 432. The van der Waals surface area contributed by atoms with Crippen molar-refractivity contribution in [1.29, 1.82) is 0 Å². The van der Waals surface area contributed by atoms with Gasteiger partial charge in [-0.25, -0.2) is 4.79 Å². The number of thioether (sulfide) groups is 1. The summed E-state index contributed by atoms with van der Waals surface area (Å²) in [6.45, 7) is 2.02. The highest BCUT2D eigenvalue weighted by atomic mass is 32.2. The summed E-state index contributed by atoms with van der Waals surface area (Å²) in [5.74, 6) is -0.309. The Morgan fingerprint density at radius 1 is 1.53 bits per heavy atom. The lowest BCUT2D eigenvalue weighted by molar-refractivity contribution is 0.0659. The zero-order chi connectivity index (χ0) is 13.8. The van der Waals surface area contributed by atoms with Gasteiger partial charge in [0.15, 0.2) is 0 Å². The minimum absolute atomic E-state index is 0.00860. The summed E-state index contributed by atoms with van der Waals surface area (Å²) in [6.07, 6.45) is 7.10. The molecule has 0 bridgehead atoms. The molecule has 106 valence electrons. The molecule has 19 heavy (non-hydrogen) atoms. The average Bonchev–Trinajstić information content (AvgIpc) is 2.89. The molecule has 0 aliphatic heterocycles. The number of carboxylic acids is 1. The van der Waals surface area contributed by atoms with Crippen LogP contribution in [-0.2, 0) is 0 Å². The van der Waals surface area contributed by atoms with Crippen molar-refractivity contribution in [3.05, 3.63) is 23.7 Å². The summed E-state index contributed by atoms with van der Waals surface area (Å²) in [6, 6.07) is 3.82. The Morgan fingerprint density at radius 2 is 2.32 bits per heavy atom. The van der Waals surface area contributed by atoms with E-state index in [9.17, 15) is 4.79 Å². The third-order valence-corrected chi connectivity index (χ3v) is 4.80. The Labute approximate surface area is 117 Å². The maximum Gasteiger partial charge on any atom is 0.371 e. The summed E-state index contributed by atoms with van der Waals surface area (Å²) in [5, 5.41) is 13.1. The molecule has 5 heteroatoms. The first kappa shape index (κ1) is 14.5. The zero-order valence-electron chi connectivity index (χ0n) is 11.4. The van der Waals surface area contributed by atoms with E-state index in [1.165, 1.54) is 31.7 Å². The minimum Gasteiger partial charge on any atom is -0.475 e. The molecule has 1 saturated carbocycles. The lowest BCUT2D eigenvalue weighted by atomic mass is 9.94. The van der Waals surface area contributed by atoms with Crippen LogP contribution in [0.15, 0.2) is 16.5 Å². The molecule has 1 aromatic rings. The number of rotatable bonds is 5. The monoisotopic (exact) mass is 283 g/mol. The van der Waals surface area contributed by atoms with E-state index in [-0.39, 0.29) is 11.8 Å². The molecule has 2 rings (SSSR count). The second kappa shape index (κ2) is 6.48. The highest BCUT2D eigenvalue weighted by Crippen LogP contribution is 2.28. The molecule has 4 nitrogen and oxygen atoms in total. The largest absolute Gasteiger partial charge is 0.475 e. The lowest BCUT2D eigenvalue weighted by Gasteiger charge is -2.30. The highest BCUT2D eigenvalue weighted by Gasteiger charge is 2.23. The predicted octanol–water partition coefficient (Wildman–Crippen LogP) is 3.30. The van der Waals surface area contributed by atoms with Crippen LogP contribution in [0.25, 0.3) is 0 Å². The first-order valence-electron chi connectivity index (χ1n) is 6.72. The Hall–Kier alpha value is -0.940. The van der Waals surface area contributed by atoms with Gasteiger partial charge in [-0.05, 0) is 44.6 Å². The molecule has 1 aliphatic rings. The van der Waals surface area contributed by atoms with Crippen LogP contribution >= 0.6 is 11.8 Å². The molecule has 1 heterocycles. The lowest BCUT2D eigenvalue weighted by Crippen LogP contribution is -2.36. The molecular formula is C14H21NO3S. The van der Waals surface area contributed by atoms with Crippen molar-refractivity contribution in [3.8, 4) is 0 Å². The van der Waals surface area contributed by atoms with Crippen LogP contribution in [0.3, 0.4) is 0 Å². The van der Waals surface area contributed by atoms with E-state index in [4.69, 9.17) is 9.52 Å². The maximum atomic E-state index is 10.8. The second-order valence-corrected chi connectivity index (χ2v) is 6.25. The number of carboxylic acid groups (broad SMARTS) is 1. The van der Waals surface area contributed by atoms with Gasteiger partial charge in [0.25, 0.3) is 0 Å². The van der Waals surface area contributed by atoms with Crippen LogP contribution in [0.4, 0.5) is 0 Å². The summed E-state index contributed by atoms with van der Waals surface area (Å²) in [7, 11) is 0. The van der Waals surface area contributed by atoms with E-state index >= 15 is 0 Å². The number of furan rings is 1. The second-order valence-electron chi connectivity index (χ2n) is 5.12. The van der Waals surface area contributed by atoms with Gasteiger partial charge in [-0.3, -0.25) is 0 Å². The minimum atomic E-state index is -1.02. The number of carbonyl (C=O) groups is 1. The Kier molecular flexibility index (Phi) is 4.93. The molecule has 1 fully saturated rings. The topological polar surface area (TPSA) is 62.5 Å². The van der Waals surface area contributed by atoms with Gasteiger partial charge < -0.3 is 14.8 Å². The molecule has 3 unspecified atom stereocenters. The summed E-state index contributed by atoms with van der Waals surface area (Å²) >= 11 is 1.94. The van der Waals surface area contributed by atoms with Crippen LogP contribution in [0.2, 0.25) is 0 Å². The van der Waals surface area contributed by atoms with E-state index in [1.54, 1.807) is 6.07 Å². The van der Waals surface area contributed by atoms with Gasteiger partial charge in [-0.2, -0.15) is 11.8 Å². The standard InChI is InChI=1S/C14H21NO3S/c1-9(12-6-7-13(18-12)14(16)17)15-10-4-3-5-11(8-10)19-2/h6-7,9-11,15H,3-5,8H2,1-2H3,(H,16,17). The van der Waals surface area contributed by atoms with E-state index in [1.807, 2.05) is 18.7 Å². The quantitative estimate of drug-likeness (QED) is 0.868. The van der Waals surface area contributed by atoms with Crippen molar-refractivity contribution in [3.63, 3.8) is 0 Å². The van der Waals surface area contributed by atoms with Crippen molar-refractivity contribution < 1.29 is 14.3 Å². The molecule has 0 radical (unpaired) electrons. The molecule has 0 spiro atoms. The summed E-state index contributed by atoms with van der Waals surface area (Å²) in [5.41, 5.74) is 0. The van der Waals surface area contributed by atoms with Gasteiger partial charge in [0.1, 0.15) is 5.76 Å². The Balaban J connectivity index is 1.92. The first-order chi connectivity index (χ1) is 9.10. The van der Waals surface area contributed by atoms with Gasteiger partial charge >= 0.3 is 5.97 Å². The summed E-state index contributed by atoms with van der Waals surface area (Å²) < 4.78 is 5.33. The van der Waals surface area contributed by atoms with Crippen LogP contribution < -0.4 is 5.32 Å². The van der Waals surface area contributed by atoms with Gasteiger partial charge in [0.05, 0.1) is 6.04 Å². The fourth-order valence-corrected chi connectivity index (χ4v) is 3.47. The van der Waals surface area contributed by atoms with Crippen LogP contribution in [-0.4, -0.2) is 28.6 Å². The van der Waals surface area contributed by atoms with Crippen molar-refractivity contribution in [2.75, 3.05) is 6.26 Å². The van der Waals surface area contributed by atoms with Gasteiger partial charge in [0, 0.05) is 11.3 Å². The van der Waals surface area contributed by atoms with Crippen molar-refractivity contribution in [2.45, 2.75) is 49.9 Å². The molecular weight excluding hydrogens is 262 g/mol. The normalized spacial score (nSPS) is 25.2. The Morgan fingerprint density at radius 3 is 2.95 bits per heavy atom. The van der Waals surface area contributed by atoms with E-state index in [0.717, 1.165) is 5.25 Å². The molecule has 0 amide bonds. The number of hydrogen-bond donors (Lipinski definition) is 2. The van der Waals surface area contributed by atoms with Crippen molar-refractivity contribution >= 4 is 17.7 Å². The first-order valence-corrected chi connectivity index (χ1v) is 8.00. The fourth-order valence-electron chi connectivity index (χ4n) is 2.65. The average molecular weight is 283 g/mol. The number of hydrogen-bond acceptors (Lipinski definition) is 4. The van der Waals surface area contributed by atoms with Crippen molar-refractivity contribution in [1.82, 2.24) is 5.32 Å². The summed E-state index contributed by atoms with van der Waals surface area (Å²) in [4.78, 5) is 10.8. The van der Waals surface area contributed by atoms with Gasteiger partial charge in [-0.1, -0.05) is 6.42 Å².